The molecule has 0 unspecified atom stereocenters. The molecule has 50 heavy (non-hydrogen) atoms. The monoisotopic (exact) mass is 679 g/mol. The average molecular weight is 680 g/mol. The van der Waals surface area contributed by atoms with Crippen LogP contribution >= 0.6 is 0 Å². The van der Waals surface area contributed by atoms with E-state index in [1.54, 1.807) is 62.0 Å². The SMILES string of the molecule is COc1cccc(C(=O)O[C@H]2C[C@H]3[C@]4(C)CO[C@@H](c5ccccc5)O[C@H]4CC[C@]3(C)[C@H]3[C@@H](O)c4c(cc(-c5cccnc5)oc4=O)O[C@]23C)c1. The first kappa shape index (κ1) is 32.7. The fourth-order valence-electron chi connectivity index (χ4n) is 9.59. The number of hydrogen-bond acceptors (Lipinski definition) is 10. The number of ether oxygens (including phenoxy) is 5. The van der Waals surface area contributed by atoms with Crippen LogP contribution in [-0.4, -0.2) is 47.6 Å². The van der Waals surface area contributed by atoms with E-state index in [-0.39, 0.29) is 29.1 Å². The Balaban J connectivity index is 1.21. The van der Waals surface area contributed by atoms with Gasteiger partial charge in [0.25, 0.3) is 0 Å². The molecule has 4 aromatic rings. The fourth-order valence-corrected chi connectivity index (χ4v) is 9.59. The van der Waals surface area contributed by atoms with Crippen LogP contribution < -0.4 is 15.1 Å². The van der Waals surface area contributed by atoms with Gasteiger partial charge in [0.1, 0.15) is 34.5 Å². The molecule has 1 N–H and O–H groups in total. The van der Waals surface area contributed by atoms with Crippen molar-refractivity contribution in [2.45, 2.75) is 70.2 Å². The molecule has 2 aromatic carbocycles. The molecule has 0 bridgehead atoms. The Kier molecular flexibility index (Phi) is 7.89. The van der Waals surface area contributed by atoms with Gasteiger partial charge in [0, 0.05) is 40.9 Å². The minimum atomic E-state index is -1.27. The lowest BCUT2D eigenvalue weighted by molar-refractivity contribution is -0.330. The molecule has 0 amide bonds. The first-order valence-electron chi connectivity index (χ1n) is 17.2. The van der Waals surface area contributed by atoms with Gasteiger partial charge in [-0.1, -0.05) is 50.2 Å². The molecular weight excluding hydrogens is 638 g/mol. The number of pyridine rings is 1. The quantitative estimate of drug-likeness (QED) is 0.228. The number of benzene rings is 2. The molecular formula is C40H41NO9. The molecule has 8 rings (SSSR count). The van der Waals surface area contributed by atoms with Gasteiger partial charge in [-0.3, -0.25) is 4.98 Å². The number of carbonyl (C=O) groups excluding carboxylic acids is 1. The first-order valence-corrected chi connectivity index (χ1v) is 17.2. The van der Waals surface area contributed by atoms with E-state index in [9.17, 15) is 14.7 Å². The summed E-state index contributed by atoms with van der Waals surface area (Å²) in [6.45, 7) is 6.63. The highest BCUT2D eigenvalue weighted by Gasteiger charge is 2.71. The van der Waals surface area contributed by atoms with Crippen LogP contribution in [-0.2, 0) is 14.2 Å². The predicted molar refractivity (Wildman–Crippen MR) is 181 cm³/mol. The second kappa shape index (κ2) is 12.1. The van der Waals surface area contributed by atoms with Crippen LogP contribution in [0.15, 0.2) is 94.4 Å². The number of nitrogens with zero attached hydrogens (tertiary/aromatic N) is 1. The zero-order valence-electron chi connectivity index (χ0n) is 28.5. The molecule has 2 aromatic heterocycles. The molecule has 0 spiro atoms. The topological polar surface area (TPSA) is 127 Å². The van der Waals surface area contributed by atoms with E-state index in [4.69, 9.17) is 28.1 Å². The summed E-state index contributed by atoms with van der Waals surface area (Å²) < 4.78 is 37.6. The summed E-state index contributed by atoms with van der Waals surface area (Å²) in [4.78, 5) is 31.8. The molecule has 1 saturated heterocycles. The Morgan fingerprint density at radius 1 is 1.00 bits per heavy atom. The van der Waals surface area contributed by atoms with Gasteiger partial charge in [0.15, 0.2) is 6.29 Å². The smallest absolute Gasteiger partial charge is 0.345 e. The van der Waals surface area contributed by atoms with E-state index in [1.807, 2.05) is 37.3 Å². The molecule has 4 aliphatic rings. The zero-order chi connectivity index (χ0) is 34.8. The van der Waals surface area contributed by atoms with Crippen LogP contribution in [0, 0.1) is 22.7 Å². The first-order chi connectivity index (χ1) is 24.0. The molecule has 2 saturated carbocycles. The number of esters is 1. The van der Waals surface area contributed by atoms with E-state index in [2.05, 4.69) is 18.8 Å². The standard InChI is InChI=1S/C40H41NO9/c1-38-16-15-30-39(2,22-46-37(49-30)23-10-6-5-7-11-23)29(38)20-31(48-35(43)24-12-8-14-26(18-24)45-4)40(3)34(38)33(42)32-28(50-40)19-27(47-36(32)44)25-13-9-17-41-21-25/h5-14,17-19,21,29-31,33-34,37,42H,15-16,20,22H2,1-4H3/t29-,30+,31+,33+,34-,37-,38+,39+,40-/m1/s1. The highest BCUT2D eigenvalue weighted by molar-refractivity contribution is 5.90. The summed E-state index contributed by atoms with van der Waals surface area (Å²) in [5.74, 6) is -0.346. The van der Waals surface area contributed by atoms with Crippen LogP contribution in [0.3, 0.4) is 0 Å². The lowest BCUT2D eigenvalue weighted by atomic mass is 9.42. The Morgan fingerprint density at radius 2 is 1.82 bits per heavy atom. The van der Waals surface area contributed by atoms with E-state index in [0.717, 1.165) is 5.56 Å². The number of hydrogen-bond donors (Lipinski definition) is 1. The van der Waals surface area contributed by atoms with Crippen molar-refractivity contribution in [1.29, 1.82) is 0 Å². The molecule has 0 radical (unpaired) electrons. The average Bonchev–Trinajstić information content (AvgIpc) is 3.12. The Morgan fingerprint density at radius 3 is 2.58 bits per heavy atom. The van der Waals surface area contributed by atoms with Crippen LogP contribution in [0.25, 0.3) is 11.3 Å². The highest BCUT2D eigenvalue weighted by Crippen LogP contribution is 2.68. The minimum Gasteiger partial charge on any atom is -0.497 e. The minimum absolute atomic E-state index is 0.0624. The Hall–Kier alpha value is -4.51. The summed E-state index contributed by atoms with van der Waals surface area (Å²) in [6.07, 6.45) is 2.31. The number of aromatic nitrogens is 1. The van der Waals surface area contributed by atoms with E-state index in [0.29, 0.717) is 42.7 Å². The third-order valence-electron chi connectivity index (χ3n) is 12.0. The molecule has 9 atom stereocenters. The molecule has 4 heterocycles. The predicted octanol–water partition coefficient (Wildman–Crippen LogP) is 6.68. The van der Waals surface area contributed by atoms with Gasteiger partial charge < -0.3 is 33.2 Å². The van der Waals surface area contributed by atoms with Crippen molar-refractivity contribution in [2.24, 2.45) is 22.7 Å². The fraction of sp³-hybridized carbons (Fsp3) is 0.425. The van der Waals surface area contributed by atoms with Crippen LogP contribution in [0.4, 0.5) is 0 Å². The third kappa shape index (κ3) is 5.07. The van der Waals surface area contributed by atoms with Gasteiger partial charge in [-0.25, -0.2) is 9.59 Å². The third-order valence-corrected chi connectivity index (χ3v) is 12.0. The van der Waals surface area contributed by atoms with Crippen LogP contribution in [0.5, 0.6) is 11.5 Å². The molecule has 260 valence electrons. The maximum Gasteiger partial charge on any atom is 0.345 e. The van der Waals surface area contributed by atoms with Crippen molar-refractivity contribution < 1.29 is 38.0 Å². The second-order valence-corrected chi connectivity index (χ2v) is 14.8. The van der Waals surface area contributed by atoms with E-state index >= 15 is 0 Å². The van der Waals surface area contributed by atoms with Crippen molar-refractivity contribution in [3.05, 3.63) is 112 Å². The van der Waals surface area contributed by atoms with E-state index in [1.165, 1.54) is 0 Å². The molecule has 10 nitrogen and oxygen atoms in total. The lowest BCUT2D eigenvalue weighted by Gasteiger charge is -2.67. The molecule has 2 aliphatic heterocycles. The van der Waals surface area contributed by atoms with Crippen molar-refractivity contribution in [3.63, 3.8) is 0 Å². The summed E-state index contributed by atoms with van der Waals surface area (Å²) in [5, 5.41) is 12.4. The Labute approximate surface area is 290 Å². The largest absolute Gasteiger partial charge is 0.497 e. The number of rotatable bonds is 5. The number of carbonyl (C=O) groups is 1. The van der Waals surface area contributed by atoms with Gasteiger partial charge >= 0.3 is 11.6 Å². The van der Waals surface area contributed by atoms with Crippen molar-refractivity contribution in [1.82, 2.24) is 4.98 Å². The second-order valence-electron chi connectivity index (χ2n) is 14.8. The van der Waals surface area contributed by atoms with Gasteiger partial charge in [0.2, 0.25) is 0 Å². The number of methoxy groups -OCH3 is 1. The van der Waals surface area contributed by atoms with Gasteiger partial charge in [-0.2, -0.15) is 0 Å². The summed E-state index contributed by atoms with van der Waals surface area (Å²) in [7, 11) is 1.54. The van der Waals surface area contributed by atoms with Crippen LogP contribution in [0.2, 0.25) is 0 Å². The molecule has 2 aliphatic carbocycles. The summed E-state index contributed by atoms with van der Waals surface area (Å²) in [6, 6.07) is 21.9. The molecule has 3 fully saturated rings. The highest BCUT2D eigenvalue weighted by atomic mass is 16.7. The Bertz CT molecular complexity index is 1970. The lowest BCUT2D eigenvalue weighted by Crippen LogP contribution is -2.71. The molecule has 10 heteroatoms. The maximum absolute atomic E-state index is 13.9. The van der Waals surface area contributed by atoms with E-state index < -0.39 is 52.4 Å². The van der Waals surface area contributed by atoms with Crippen LogP contribution in [0.1, 0.15) is 73.9 Å². The number of fused-ring (bicyclic) bond motifs is 6. The number of aliphatic hydroxyl groups is 1. The maximum atomic E-state index is 13.9. The van der Waals surface area contributed by atoms with Gasteiger partial charge in [0.05, 0.1) is 31.5 Å². The van der Waals surface area contributed by atoms with Gasteiger partial charge in [-0.15, -0.1) is 0 Å². The van der Waals surface area contributed by atoms with Crippen molar-refractivity contribution >= 4 is 5.97 Å². The van der Waals surface area contributed by atoms with Gasteiger partial charge in [-0.05, 0) is 67.9 Å². The summed E-state index contributed by atoms with van der Waals surface area (Å²) in [5.41, 5.74) is -1.05. The number of aliphatic hydroxyl groups excluding tert-OH is 1. The van der Waals surface area contributed by atoms with Crippen molar-refractivity contribution in [2.75, 3.05) is 13.7 Å². The zero-order valence-corrected chi connectivity index (χ0v) is 28.5. The summed E-state index contributed by atoms with van der Waals surface area (Å²) >= 11 is 0. The normalized spacial score (nSPS) is 34.2. The van der Waals surface area contributed by atoms with Crippen molar-refractivity contribution in [3.8, 4) is 22.8 Å².